The lowest BCUT2D eigenvalue weighted by Gasteiger charge is -2.32. The Hall–Kier alpha value is -2.51. The molecule has 0 radical (unpaired) electrons. The van der Waals surface area contributed by atoms with E-state index >= 15 is 0 Å². The first-order chi connectivity index (χ1) is 13.6. The second kappa shape index (κ2) is 7.85. The Morgan fingerprint density at radius 1 is 1.29 bits per heavy atom. The number of aromatic nitrogens is 3. The molecule has 3 heterocycles. The summed E-state index contributed by atoms with van der Waals surface area (Å²) >= 11 is 0. The van der Waals surface area contributed by atoms with Crippen LogP contribution in [0.4, 0.5) is 0 Å². The molecule has 2 aromatic heterocycles. The largest absolute Gasteiger partial charge is 0.423 e. The van der Waals surface area contributed by atoms with Crippen LogP contribution in [0.2, 0.25) is 0 Å². The molecule has 4 rings (SSSR count). The van der Waals surface area contributed by atoms with E-state index < -0.39 is 0 Å². The molecule has 1 unspecified atom stereocenters. The van der Waals surface area contributed by atoms with Gasteiger partial charge in [-0.15, -0.1) is 10.2 Å². The molecule has 1 aromatic carbocycles. The predicted molar refractivity (Wildman–Crippen MR) is 106 cm³/mol. The number of hydrogen-bond donors (Lipinski definition) is 1. The highest BCUT2D eigenvalue weighted by Gasteiger charge is 2.26. The van der Waals surface area contributed by atoms with Crippen LogP contribution in [0.15, 0.2) is 33.5 Å². The van der Waals surface area contributed by atoms with Crippen molar-refractivity contribution in [1.82, 2.24) is 19.7 Å². The van der Waals surface area contributed by atoms with Crippen LogP contribution in [0.1, 0.15) is 48.5 Å². The van der Waals surface area contributed by atoms with Gasteiger partial charge in [0.25, 0.3) is 0 Å². The first-order valence-corrected chi connectivity index (χ1v) is 9.86. The summed E-state index contributed by atoms with van der Waals surface area (Å²) in [5.74, 6) is 1.77. The highest BCUT2D eigenvalue weighted by Crippen LogP contribution is 2.28. The second-order valence-corrected chi connectivity index (χ2v) is 7.54. The van der Waals surface area contributed by atoms with Gasteiger partial charge < -0.3 is 14.1 Å². The van der Waals surface area contributed by atoms with E-state index in [0.29, 0.717) is 18.0 Å². The molecule has 0 bridgehead atoms. The maximum atomic E-state index is 12.0. The Kier molecular flexibility index (Phi) is 5.28. The van der Waals surface area contributed by atoms with Crippen molar-refractivity contribution in [3.8, 4) is 0 Å². The van der Waals surface area contributed by atoms with Crippen LogP contribution in [0.5, 0.6) is 0 Å². The van der Waals surface area contributed by atoms with Crippen LogP contribution < -0.4 is 5.63 Å². The standard InChI is InChI=1S/C21H26N4O3/c1-3-14-6-7-18-17(9-14)16(10-20(27)28-18)12-25-8-4-5-15(11-25)21-23-22-19(13-26)24(21)2/h6-7,9-10,15,26H,3-5,8,11-13H2,1-2H3. The van der Waals surface area contributed by atoms with Gasteiger partial charge >= 0.3 is 5.63 Å². The minimum absolute atomic E-state index is 0.106. The van der Waals surface area contributed by atoms with E-state index in [1.54, 1.807) is 6.07 Å². The molecular formula is C21H26N4O3. The Bertz CT molecular complexity index is 1040. The summed E-state index contributed by atoms with van der Waals surface area (Å²) in [5, 5.41) is 18.8. The lowest BCUT2D eigenvalue weighted by Crippen LogP contribution is -2.35. The van der Waals surface area contributed by atoms with Gasteiger partial charge in [0.1, 0.15) is 18.0 Å². The molecule has 1 fully saturated rings. The number of hydrogen-bond acceptors (Lipinski definition) is 6. The van der Waals surface area contributed by atoms with Gasteiger partial charge in [-0.25, -0.2) is 4.79 Å². The van der Waals surface area contributed by atoms with E-state index in [0.717, 1.165) is 49.1 Å². The Morgan fingerprint density at radius 3 is 2.89 bits per heavy atom. The van der Waals surface area contributed by atoms with Crippen LogP contribution in [-0.2, 0) is 26.6 Å². The zero-order chi connectivity index (χ0) is 19.7. The van der Waals surface area contributed by atoms with Gasteiger partial charge in [0.15, 0.2) is 5.82 Å². The third-order valence-corrected chi connectivity index (χ3v) is 5.71. The second-order valence-electron chi connectivity index (χ2n) is 7.54. The number of aliphatic hydroxyl groups excluding tert-OH is 1. The Balaban J connectivity index is 1.60. The van der Waals surface area contributed by atoms with E-state index in [1.165, 1.54) is 5.56 Å². The topological polar surface area (TPSA) is 84.4 Å². The normalized spacial score (nSPS) is 18.0. The highest BCUT2D eigenvalue weighted by atomic mass is 16.4. The summed E-state index contributed by atoms with van der Waals surface area (Å²) in [6.07, 6.45) is 3.05. The van der Waals surface area contributed by atoms with E-state index in [-0.39, 0.29) is 18.2 Å². The molecule has 0 aliphatic carbocycles. The summed E-state index contributed by atoms with van der Waals surface area (Å²) in [7, 11) is 1.90. The Labute approximate surface area is 163 Å². The average Bonchev–Trinajstić information content (AvgIpc) is 3.08. The fourth-order valence-corrected chi connectivity index (χ4v) is 4.14. The molecule has 7 heteroatoms. The van der Waals surface area contributed by atoms with Gasteiger partial charge in [-0.05, 0) is 49.1 Å². The number of rotatable bonds is 5. The zero-order valence-electron chi connectivity index (χ0n) is 16.4. The molecule has 1 aliphatic rings. The van der Waals surface area contributed by atoms with Crippen molar-refractivity contribution in [2.75, 3.05) is 13.1 Å². The number of fused-ring (bicyclic) bond motifs is 1. The maximum absolute atomic E-state index is 12.0. The van der Waals surface area contributed by atoms with Crippen molar-refractivity contribution in [2.45, 2.75) is 45.3 Å². The highest BCUT2D eigenvalue weighted by molar-refractivity contribution is 5.80. The number of likely N-dealkylation sites (tertiary alicyclic amines) is 1. The Morgan fingerprint density at radius 2 is 2.14 bits per heavy atom. The molecule has 0 spiro atoms. The van der Waals surface area contributed by atoms with Crippen LogP contribution in [-0.4, -0.2) is 37.9 Å². The lowest BCUT2D eigenvalue weighted by atomic mass is 9.96. The van der Waals surface area contributed by atoms with E-state index in [4.69, 9.17) is 4.42 Å². The SMILES string of the molecule is CCc1ccc2oc(=O)cc(CN3CCCC(c4nnc(CO)n4C)C3)c2c1. The van der Waals surface area contributed by atoms with Gasteiger partial charge in [0.2, 0.25) is 0 Å². The minimum atomic E-state index is -0.304. The van der Waals surface area contributed by atoms with Crippen molar-refractivity contribution in [3.05, 3.63) is 57.5 Å². The molecule has 0 amide bonds. The van der Waals surface area contributed by atoms with Crippen molar-refractivity contribution in [3.63, 3.8) is 0 Å². The predicted octanol–water partition coefficient (Wildman–Crippen LogP) is 2.36. The van der Waals surface area contributed by atoms with Crippen molar-refractivity contribution >= 4 is 11.0 Å². The summed E-state index contributed by atoms with van der Waals surface area (Å²) in [6, 6.07) is 7.66. The fourth-order valence-electron chi connectivity index (χ4n) is 4.14. The molecular weight excluding hydrogens is 356 g/mol. The first kappa shape index (κ1) is 18.8. The molecule has 0 saturated carbocycles. The molecule has 1 aliphatic heterocycles. The quantitative estimate of drug-likeness (QED) is 0.682. The third kappa shape index (κ3) is 3.59. The molecule has 7 nitrogen and oxygen atoms in total. The van der Waals surface area contributed by atoms with Gasteiger partial charge in [0.05, 0.1) is 0 Å². The van der Waals surface area contributed by atoms with Crippen LogP contribution in [0.25, 0.3) is 11.0 Å². The summed E-state index contributed by atoms with van der Waals surface area (Å²) in [5.41, 5.74) is 2.58. The van der Waals surface area contributed by atoms with Crippen LogP contribution in [0, 0.1) is 0 Å². The van der Waals surface area contributed by atoms with Crippen molar-refractivity contribution in [2.24, 2.45) is 7.05 Å². The minimum Gasteiger partial charge on any atom is -0.423 e. The number of nitrogens with zero attached hydrogens (tertiary/aromatic N) is 4. The lowest BCUT2D eigenvalue weighted by molar-refractivity contribution is 0.195. The van der Waals surface area contributed by atoms with E-state index in [9.17, 15) is 9.90 Å². The number of aryl methyl sites for hydroxylation is 1. The maximum Gasteiger partial charge on any atom is 0.336 e. The van der Waals surface area contributed by atoms with Crippen LogP contribution in [0.3, 0.4) is 0 Å². The summed E-state index contributed by atoms with van der Waals surface area (Å²) in [6.45, 7) is 4.56. The number of benzene rings is 1. The number of piperidine rings is 1. The third-order valence-electron chi connectivity index (χ3n) is 5.71. The zero-order valence-corrected chi connectivity index (χ0v) is 16.4. The van der Waals surface area contributed by atoms with Crippen molar-refractivity contribution < 1.29 is 9.52 Å². The molecule has 1 N–H and O–H groups in total. The van der Waals surface area contributed by atoms with Gasteiger partial charge in [-0.3, -0.25) is 4.90 Å². The summed E-state index contributed by atoms with van der Waals surface area (Å²) < 4.78 is 7.29. The van der Waals surface area contributed by atoms with Crippen molar-refractivity contribution in [1.29, 1.82) is 0 Å². The molecule has 1 saturated heterocycles. The molecule has 3 aromatic rings. The number of aliphatic hydroxyl groups is 1. The molecule has 148 valence electrons. The van der Waals surface area contributed by atoms with Crippen LogP contribution >= 0.6 is 0 Å². The fraction of sp³-hybridized carbons (Fsp3) is 0.476. The van der Waals surface area contributed by atoms with E-state index in [2.05, 4.69) is 28.1 Å². The van der Waals surface area contributed by atoms with E-state index in [1.807, 2.05) is 23.7 Å². The first-order valence-electron chi connectivity index (χ1n) is 9.86. The molecule has 28 heavy (non-hydrogen) atoms. The molecule has 1 atom stereocenters. The summed E-state index contributed by atoms with van der Waals surface area (Å²) in [4.78, 5) is 14.4. The van der Waals surface area contributed by atoms with Gasteiger partial charge in [-0.1, -0.05) is 13.0 Å². The monoisotopic (exact) mass is 382 g/mol. The average molecular weight is 382 g/mol. The van der Waals surface area contributed by atoms with Gasteiger partial charge in [-0.2, -0.15) is 0 Å². The van der Waals surface area contributed by atoms with Gasteiger partial charge in [0, 0.05) is 37.5 Å². The smallest absolute Gasteiger partial charge is 0.336 e.